The van der Waals surface area contributed by atoms with Gasteiger partial charge in [-0.05, 0) is 37.5 Å². The van der Waals surface area contributed by atoms with Crippen molar-refractivity contribution in [2.75, 3.05) is 18.4 Å². The zero-order valence-electron chi connectivity index (χ0n) is 26.0. The molecule has 224 valence electrons. The van der Waals surface area contributed by atoms with Crippen LogP contribution in [0.1, 0.15) is 172 Å². The molecule has 0 fully saturated rings. The SMILES string of the molecule is CCCCCCCCCCCCCCCCCCCCCC(=O)Nc1cccc(C(=O)N(CCC)CCC)c1. The Balaban J connectivity index is 2.00. The number of anilines is 1. The second-order valence-corrected chi connectivity index (χ2v) is 11.5. The Kier molecular flexibility index (Phi) is 22.7. The van der Waals surface area contributed by atoms with Crippen LogP contribution in [0.3, 0.4) is 0 Å². The first-order valence-electron chi connectivity index (χ1n) is 16.8. The number of nitrogens with one attached hydrogen (secondary N) is 1. The zero-order valence-corrected chi connectivity index (χ0v) is 26.0. The van der Waals surface area contributed by atoms with E-state index < -0.39 is 0 Å². The molecule has 39 heavy (non-hydrogen) atoms. The third-order valence-corrected chi connectivity index (χ3v) is 7.67. The molecular weight excluding hydrogens is 480 g/mol. The van der Waals surface area contributed by atoms with Crippen LogP contribution in [-0.2, 0) is 4.79 Å². The number of hydrogen-bond acceptors (Lipinski definition) is 2. The summed E-state index contributed by atoms with van der Waals surface area (Å²) in [5.74, 6) is 0.0964. The Labute approximate surface area is 242 Å². The summed E-state index contributed by atoms with van der Waals surface area (Å²) in [5, 5.41) is 2.99. The van der Waals surface area contributed by atoms with Gasteiger partial charge in [0.2, 0.25) is 5.91 Å². The summed E-state index contributed by atoms with van der Waals surface area (Å²) >= 11 is 0. The fourth-order valence-corrected chi connectivity index (χ4v) is 5.35. The van der Waals surface area contributed by atoms with Crippen molar-refractivity contribution in [1.29, 1.82) is 0 Å². The lowest BCUT2D eigenvalue weighted by molar-refractivity contribution is -0.116. The van der Waals surface area contributed by atoms with Gasteiger partial charge in [0.15, 0.2) is 0 Å². The van der Waals surface area contributed by atoms with Gasteiger partial charge in [0.05, 0.1) is 0 Å². The summed E-state index contributed by atoms with van der Waals surface area (Å²) in [4.78, 5) is 27.1. The van der Waals surface area contributed by atoms with Gasteiger partial charge in [-0.25, -0.2) is 0 Å². The van der Waals surface area contributed by atoms with E-state index in [0.717, 1.165) is 44.5 Å². The van der Waals surface area contributed by atoms with Crippen molar-refractivity contribution >= 4 is 17.5 Å². The first-order chi connectivity index (χ1) is 19.1. The van der Waals surface area contributed by atoms with Gasteiger partial charge in [0.1, 0.15) is 0 Å². The van der Waals surface area contributed by atoms with Crippen LogP contribution in [0.5, 0.6) is 0 Å². The van der Waals surface area contributed by atoms with Crippen molar-refractivity contribution in [3.05, 3.63) is 29.8 Å². The van der Waals surface area contributed by atoms with Crippen molar-refractivity contribution in [3.63, 3.8) is 0 Å². The number of nitrogens with zero attached hydrogens (tertiary/aromatic N) is 1. The molecule has 0 aromatic heterocycles. The van der Waals surface area contributed by atoms with Crippen LogP contribution in [0.25, 0.3) is 0 Å². The molecule has 0 aliphatic rings. The van der Waals surface area contributed by atoms with Crippen LogP contribution in [0.2, 0.25) is 0 Å². The van der Waals surface area contributed by atoms with E-state index in [0.29, 0.717) is 12.0 Å². The molecule has 1 aromatic carbocycles. The Morgan fingerprint density at radius 3 is 1.46 bits per heavy atom. The van der Waals surface area contributed by atoms with Gasteiger partial charge in [-0.2, -0.15) is 0 Å². The minimum atomic E-state index is 0.0468. The lowest BCUT2D eigenvalue weighted by Crippen LogP contribution is -2.32. The topological polar surface area (TPSA) is 49.4 Å². The van der Waals surface area contributed by atoms with E-state index in [1.54, 1.807) is 0 Å². The van der Waals surface area contributed by atoms with Gasteiger partial charge in [-0.15, -0.1) is 0 Å². The van der Waals surface area contributed by atoms with E-state index in [1.165, 1.54) is 109 Å². The van der Waals surface area contributed by atoms with Gasteiger partial charge in [-0.1, -0.05) is 142 Å². The number of benzene rings is 1. The average Bonchev–Trinajstić information content (AvgIpc) is 2.94. The van der Waals surface area contributed by atoms with Crippen molar-refractivity contribution in [2.45, 2.75) is 162 Å². The number of rotatable bonds is 26. The molecule has 1 N–H and O–H groups in total. The molecule has 0 saturated carbocycles. The Morgan fingerprint density at radius 2 is 1.03 bits per heavy atom. The highest BCUT2D eigenvalue weighted by atomic mass is 16.2. The molecule has 2 amide bonds. The third kappa shape index (κ3) is 19.0. The molecule has 0 saturated heterocycles. The lowest BCUT2D eigenvalue weighted by atomic mass is 10.0. The van der Waals surface area contributed by atoms with E-state index in [4.69, 9.17) is 0 Å². The summed E-state index contributed by atoms with van der Waals surface area (Å²) in [6, 6.07) is 7.38. The van der Waals surface area contributed by atoms with Crippen LogP contribution in [0, 0.1) is 0 Å². The first kappa shape index (κ1) is 35.2. The molecule has 0 aliphatic heterocycles. The second kappa shape index (κ2) is 25.1. The molecule has 4 heteroatoms. The fraction of sp³-hybridized carbons (Fsp3) is 0.771. The summed E-state index contributed by atoms with van der Waals surface area (Å²) in [7, 11) is 0. The number of carbonyl (C=O) groups excluding carboxylic acids is 2. The van der Waals surface area contributed by atoms with Crippen molar-refractivity contribution < 1.29 is 9.59 Å². The normalized spacial score (nSPS) is 11.1. The van der Waals surface area contributed by atoms with E-state index in [1.807, 2.05) is 29.2 Å². The second-order valence-electron chi connectivity index (χ2n) is 11.5. The molecule has 0 bridgehead atoms. The minimum Gasteiger partial charge on any atom is -0.339 e. The lowest BCUT2D eigenvalue weighted by Gasteiger charge is -2.21. The maximum absolute atomic E-state index is 12.8. The third-order valence-electron chi connectivity index (χ3n) is 7.67. The molecule has 0 spiro atoms. The summed E-state index contributed by atoms with van der Waals surface area (Å²) in [6.07, 6.45) is 28.2. The molecule has 4 nitrogen and oxygen atoms in total. The molecule has 0 radical (unpaired) electrons. The van der Waals surface area contributed by atoms with E-state index in [9.17, 15) is 9.59 Å². The first-order valence-corrected chi connectivity index (χ1v) is 16.8. The van der Waals surface area contributed by atoms with Crippen molar-refractivity contribution in [3.8, 4) is 0 Å². The molecule has 1 aromatic rings. The summed E-state index contributed by atoms with van der Waals surface area (Å²) in [5.41, 5.74) is 1.37. The van der Waals surface area contributed by atoms with Crippen LogP contribution in [-0.4, -0.2) is 29.8 Å². The van der Waals surface area contributed by atoms with Crippen LogP contribution in [0.15, 0.2) is 24.3 Å². The van der Waals surface area contributed by atoms with Gasteiger partial charge < -0.3 is 10.2 Å². The predicted octanol–water partition coefficient (Wildman–Crippen LogP) is 10.7. The monoisotopic (exact) mass is 542 g/mol. The predicted molar refractivity (Wildman–Crippen MR) is 170 cm³/mol. The maximum atomic E-state index is 12.8. The van der Waals surface area contributed by atoms with Gasteiger partial charge in [0, 0.05) is 30.8 Å². The number of amides is 2. The van der Waals surface area contributed by atoms with E-state index >= 15 is 0 Å². The van der Waals surface area contributed by atoms with Gasteiger partial charge in [0.25, 0.3) is 5.91 Å². The average molecular weight is 543 g/mol. The van der Waals surface area contributed by atoms with E-state index in [2.05, 4.69) is 26.1 Å². The fourth-order valence-electron chi connectivity index (χ4n) is 5.35. The van der Waals surface area contributed by atoms with Gasteiger partial charge >= 0.3 is 0 Å². The Hall–Kier alpha value is -1.84. The maximum Gasteiger partial charge on any atom is 0.253 e. The highest BCUT2D eigenvalue weighted by Crippen LogP contribution is 2.16. The van der Waals surface area contributed by atoms with Crippen LogP contribution < -0.4 is 5.32 Å². The molecule has 0 atom stereocenters. The molecule has 0 unspecified atom stereocenters. The molecular formula is C35H62N2O2. The molecule has 0 heterocycles. The Morgan fingerprint density at radius 1 is 0.590 bits per heavy atom. The molecule has 0 aliphatic carbocycles. The van der Waals surface area contributed by atoms with Crippen LogP contribution in [0.4, 0.5) is 5.69 Å². The summed E-state index contributed by atoms with van der Waals surface area (Å²) in [6.45, 7) is 8.00. The van der Waals surface area contributed by atoms with Crippen LogP contribution >= 0.6 is 0 Å². The van der Waals surface area contributed by atoms with Crippen molar-refractivity contribution in [2.24, 2.45) is 0 Å². The highest BCUT2D eigenvalue weighted by Gasteiger charge is 2.15. The zero-order chi connectivity index (χ0) is 28.4. The summed E-state index contributed by atoms with van der Waals surface area (Å²) < 4.78 is 0. The van der Waals surface area contributed by atoms with E-state index in [-0.39, 0.29) is 11.8 Å². The smallest absolute Gasteiger partial charge is 0.253 e. The Bertz CT molecular complexity index is 727. The standard InChI is InChI=1S/C35H62N2O2/c1-4-7-8-9-10-11-12-13-14-15-16-17-18-19-20-21-22-23-24-28-34(38)36-33-27-25-26-32(31-33)35(39)37(29-5-2)30-6-3/h25-27,31H,4-24,28-30H2,1-3H3,(H,36,38). The number of hydrogen-bond donors (Lipinski definition) is 1. The number of carbonyl (C=O) groups is 2. The highest BCUT2D eigenvalue weighted by molar-refractivity contribution is 5.97. The molecule has 1 rings (SSSR count). The minimum absolute atomic E-state index is 0.0468. The quantitative estimate of drug-likeness (QED) is 0.118. The van der Waals surface area contributed by atoms with Crippen molar-refractivity contribution in [1.82, 2.24) is 4.90 Å². The van der Waals surface area contributed by atoms with Gasteiger partial charge in [-0.3, -0.25) is 9.59 Å². The number of unbranched alkanes of at least 4 members (excludes halogenated alkanes) is 18. The largest absolute Gasteiger partial charge is 0.339 e.